The second-order valence-electron chi connectivity index (χ2n) is 6.00. The molecule has 6 heteroatoms. The van der Waals surface area contributed by atoms with E-state index in [-0.39, 0.29) is 18.2 Å². The third-order valence-electron chi connectivity index (χ3n) is 3.78. The number of carbonyl (C=O) groups is 3. The molecule has 1 saturated heterocycles. The fourth-order valence-corrected chi connectivity index (χ4v) is 2.31. The Hall–Kier alpha value is -2.37. The van der Waals surface area contributed by atoms with Gasteiger partial charge in [0.25, 0.3) is 5.91 Å². The molecule has 1 aliphatic rings. The van der Waals surface area contributed by atoms with Crippen molar-refractivity contribution in [2.75, 3.05) is 0 Å². The van der Waals surface area contributed by atoms with Crippen LogP contribution in [0.1, 0.15) is 45.1 Å². The maximum absolute atomic E-state index is 12.1. The highest BCUT2D eigenvalue weighted by atomic mass is 16.5. The van der Waals surface area contributed by atoms with Crippen molar-refractivity contribution in [2.24, 2.45) is 0 Å². The first-order valence-corrected chi connectivity index (χ1v) is 7.77. The second-order valence-corrected chi connectivity index (χ2v) is 6.00. The molecule has 0 bridgehead atoms. The van der Waals surface area contributed by atoms with Gasteiger partial charge in [-0.1, -0.05) is 26.0 Å². The summed E-state index contributed by atoms with van der Waals surface area (Å²) in [5.41, 5.74) is 1.19. The van der Waals surface area contributed by atoms with E-state index in [9.17, 15) is 14.4 Å². The quantitative estimate of drug-likeness (QED) is 0.806. The summed E-state index contributed by atoms with van der Waals surface area (Å²) in [5, 5.41) is 4.82. The number of piperidine rings is 1. The van der Waals surface area contributed by atoms with Crippen LogP contribution in [0.25, 0.3) is 0 Å². The summed E-state index contributed by atoms with van der Waals surface area (Å²) in [4.78, 5) is 34.8. The van der Waals surface area contributed by atoms with Crippen LogP contribution in [0.5, 0.6) is 5.75 Å². The fourth-order valence-electron chi connectivity index (χ4n) is 2.31. The van der Waals surface area contributed by atoms with E-state index in [1.54, 1.807) is 6.92 Å². The zero-order valence-electron chi connectivity index (χ0n) is 13.6. The van der Waals surface area contributed by atoms with Crippen molar-refractivity contribution < 1.29 is 19.1 Å². The Morgan fingerprint density at radius 1 is 1.22 bits per heavy atom. The van der Waals surface area contributed by atoms with Crippen LogP contribution in [0.2, 0.25) is 0 Å². The van der Waals surface area contributed by atoms with Crippen molar-refractivity contribution in [3.63, 3.8) is 0 Å². The Labute approximate surface area is 135 Å². The Kier molecular flexibility index (Phi) is 5.36. The number of ether oxygens (including phenoxy) is 1. The van der Waals surface area contributed by atoms with Gasteiger partial charge in [-0.05, 0) is 37.0 Å². The lowest BCUT2D eigenvalue weighted by molar-refractivity contribution is -0.138. The van der Waals surface area contributed by atoms with Gasteiger partial charge in [-0.25, -0.2) is 0 Å². The Morgan fingerprint density at radius 2 is 1.87 bits per heavy atom. The molecule has 2 atom stereocenters. The van der Waals surface area contributed by atoms with Gasteiger partial charge in [-0.2, -0.15) is 0 Å². The average molecular weight is 318 g/mol. The van der Waals surface area contributed by atoms with E-state index in [1.165, 1.54) is 5.56 Å². The van der Waals surface area contributed by atoms with E-state index >= 15 is 0 Å². The molecule has 23 heavy (non-hydrogen) atoms. The maximum atomic E-state index is 12.1. The summed E-state index contributed by atoms with van der Waals surface area (Å²) >= 11 is 0. The molecule has 1 heterocycles. The lowest BCUT2D eigenvalue weighted by Gasteiger charge is -2.23. The normalized spacial score (nSPS) is 19.2. The average Bonchev–Trinajstić information content (AvgIpc) is 2.50. The number of rotatable bonds is 5. The molecule has 2 rings (SSSR count). The molecule has 6 nitrogen and oxygen atoms in total. The van der Waals surface area contributed by atoms with E-state index in [0.29, 0.717) is 18.1 Å². The van der Waals surface area contributed by atoms with Gasteiger partial charge in [-0.15, -0.1) is 0 Å². The predicted octanol–water partition coefficient (Wildman–Crippen LogP) is 1.50. The van der Waals surface area contributed by atoms with Crippen LogP contribution in [0.4, 0.5) is 0 Å². The largest absolute Gasteiger partial charge is 0.481 e. The minimum Gasteiger partial charge on any atom is -0.481 e. The van der Waals surface area contributed by atoms with Gasteiger partial charge in [0, 0.05) is 6.42 Å². The Balaban J connectivity index is 1.89. The van der Waals surface area contributed by atoms with Gasteiger partial charge in [0.2, 0.25) is 11.8 Å². The number of benzene rings is 1. The molecular formula is C17H22N2O4. The molecule has 1 aromatic carbocycles. The van der Waals surface area contributed by atoms with E-state index < -0.39 is 18.1 Å². The molecule has 0 radical (unpaired) electrons. The van der Waals surface area contributed by atoms with Gasteiger partial charge in [-0.3, -0.25) is 19.7 Å². The van der Waals surface area contributed by atoms with Gasteiger partial charge in [0.1, 0.15) is 11.8 Å². The van der Waals surface area contributed by atoms with Crippen LogP contribution in [0.15, 0.2) is 24.3 Å². The summed E-state index contributed by atoms with van der Waals surface area (Å²) in [6.45, 7) is 5.83. The van der Waals surface area contributed by atoms with Crippen molar-refractivity contribution in [2.45, 2.75) is 51.7 Å². The lowest BCUT2D eigenvalue weighted by atomic mass is 10.0. The highest BCUT2D eigenvalue weighted by Crippen LogP contribution is 2.19. The monoisotopic (exact) mass is 318 g/mol. The van der Waals surface area contributed by atoms with Crippen LogP contribution in [-0.2, 0) is 14.4 Å². The number of carbonyl (C=O) groups excluding carboxylic acids is 3. The van der Waals surface area contributed by atoms with Gasteiger partial charge >= 0.3 is 0 Å². The van der Waals surface area contributed by atoms with Crippen molar-refractivity contribution in [1.82, 2.24) is 10.6 Å². The van der Waals surface area contributed by atoms with Crippen LogP contribution < -0.4 is 15.4 Å². The minimum atomic E-state index is -0.731. The summed E-state index contributed by atoms with van der Waals surface area (Å²) in [6, 6.07) is 6.89. The fraction of sp³-hybridized carbons (Fsp3) is 0.471. The van der Waals surface area contributed by atoms with E-state index in [1.807, 2.05) is 24.3 Å². The van der Waals surface area contributed by atoms with Crippen LogP contribution in [0, 0.1) is 0 Å². The van der Waals surface area contributed by atoms with Crippen molar-refractivity contribution in [3.05, 3.63) is 29.8 Å². The number of hydrogen-bond donors (Lipinski definition) is 2. The smallest absolute Gasteiger partial charge is 0.261 e. The molecule has 1 aromatic rings. The molecule has 1 fully saturated rings. The highest BCUT2D eigenvalue weighted by molar-refractivity contribution is 6.01. The standard InChI is InChI=1S/C17H22N2O4/c1-10(2)12-4-6-13(7-5-12)23-11(3)16(21)18-14-8-9-15(20)19-17(14)22/h4-7,10-11,14H,8-9H2,1-3H3,(H,18,21)(H,19,20,22). The van der Waals surface area contributed by atoms with Crippen molar-refractivity contribution >= 4 is 17.7 Å². The summed E-state index contributed by atoms with van der Waals surface area (Å²) < 4.78 is 5.60. The predicted molar refractivity (Wildman–Crippen MR) is 84.9 cm³/mol. The zero-order chi connectivity index (χ0) is 17.0. The summed E-state index contributed by atoms with van der Waals surface area (Å²) in [6.07, 6.45) is -0.195. The van der Waals surface area contributed by atoms with Crippen molar-refractivity contribution in [1.29, 1.82) is 0 Å². The third-order valence-corrected chi connectivity index (χ3v) is 3.78. The van der Waals surface area contributed by atoms with Crippen molar-refractivity contribution in [3.8, 4) is 5.75 Å². The molecule has 2 unspecified atom stereocenters. The van der Waals surface area contributed by atoms with Crippen LogP contribution >= 0.6 is 0 Å². The Bertz CT molecular complexity index is 595. The topological polar surface area (TPSA) is 84.5 Å². The molecule has 0 aromatic heterocycles. The number of imide groups is 1. The third kappa shape index (κ3) is 4.55. The highest BCUT2D eigenvalue weighted by Gasteiger charge is 2.29. The maximum Gasteiger partial charge on any atom is 0.261 e. The number of hydrogen-bond acceptors (Lipinski definition) is 4. The molecule has 0 spiro atoms. The van der Waals surface area contributed by atoms with Crippen LogP contribution in [-0.4, -0.2) is 29.9 Å². The number of amides is 3. The molecule has 3 amide bonds. The van der Waals surface area contributed by atoms with E-state index in [4.69, 9.17) is 4.74 Å². The minimum absolute atomic E-state index is 0.225. The molecule has 1 aliphatic heterocycles. The molecular weight excluding hydrogens is 296 g/mol. The first-order valence-electron chi connectivity index (χ1n) is 7.77. The van der Waals surface area contributed by atoms with Gasteiger partial charge in [0.05, 0.1) is 0 Å². The SMILES string of the molecule is CC(Oc1ccc(C(C)C)cc1)C(=O)NC1CCC(=O)NC1=O. The van der Waals surface area contributed by atoms with E-state index in [0.717, 1.165) is 0 Å². The molecule has 124 valence electrons. The zero-order valence-corrected chi connectivity index (χ0v) is 13.6. The van der Waals surface area contributed by atoms with E-state index in [2.05, 4.69) is 24.5 Å². The van der Waals surface area contributed by atoms with Gasteiger partial charge in [0.15, 0.2) is 6.10 Å². The van der Waals surface area contributed by atoms with Gasteiger partial charge < -0.3 is 10.1 Å². The first-order chi connectivity index (χ1) is 10.9. The summed E-state index contributed by atoms with van der Waals surface area (Å²) in [7, 11) is 0. The Morgan fingerprint density at radius 3 is 2.43 bits per heavy atom. The molecule has 2 N–H and O–H groups in total. The molecule has 0 aliphatic carbocycles. The van der Waals surface area contributed by atoms with Crippen LogP contribution in [0.3, 0.4) is 0 Å². The number of nitrogens with one attached hydrogen (secondary N) is 2. The first kappa shape index (κ1) is 17.0. The molecule has 0 saturated carbocycles. The lowest BCUT2D eigenvalue weighted by Crippen LogP contribution is -2.54. The summed E-state index contributed by atoms with van der Waals surface area (Å²) in [5.74, 6) is -0.136. The second kappa shape index (κ2) is 7.26.